The summed E-state index contributed by atoms with van der Waals surface area (Å²) in [6.45, 7) is 2.28. The third-order valence-electron chi connectivity index (χ3n) is 4.39. The Morgan fingerprint density at radius 3 is 2.62 bits per heavy atom. The molecule has 24 heavy (non-hydrogen) atoms. The minimum atomic E-state index is -0.958. The minimum absolute atomic E-state index is 0. The molecule has 1 aliphatic heterocycles. The van der Waals surface area contributed by atoms with Crippen molar-refractivity contribution in [3.05, 3.63) is 35.4 Å². The van der Waals surface area contributed by atoms with Gasteiger partial charge in [0.05, 0.1) is 12.6 Å². The molecule has 0 bridgehead atoms. The van der Waals surface area contributed by atoms with E-state index in [1.54, 1.807) is 18.9 Å². The number of amides is 1. The molecular formula is C16H21ClF2N2O3. The molecule has 1 aliphatic rings. The SMILES string of the molecule is CC(c1ccc(F)c(F)c1)N(C)C(=O)CN1CCCC1C(=O)O.Cl. The molecule has 1 aromatic carbocycles. The summed E-state index contributed by atoms with van der Waals surface area (Å²) in [4.78, 5) is 26.6. The molecule has 2 unspecified atom stereocenters. The van der Waals surface area contributed by atoms with E-state index >= 15 is 0 Å². The number of carboxylic acid groups (broad SMARTS) is 1. The van der Waals surface area contributed by atoms with Crippen LogP contribution >= 0.6 is 12.4 Å². The van der Waals surface area contributed by atoms with E-state index in [4.69, 9.17) is 5.11 Å². The van der Waals surface area contributed by atoms with E-state index in [9.17, 15) is 18.4 Å². The molecule has 0 aromatic heterocycles. The van der Waals surface area contributed by atoms with Gasteiger partial charge in [-0.3, -0.25) is 14.5 Å². The topological polar surface area (TPSA) is 60.9 Å². The van der Waals surface area contributed by atoms with Gasteiger partial charge in [-0.05, 0) is 44.0 Å². The first-order valence-electron chi connectivity index (χ1n) is 7.48. The Bertz CT molecular complexity index is 615. The second-order valence-electron chi connectivity index (χ2n) is 5.82. The predicted octanol–water partition coefficient (Wildman–Crippen LogP) is 2.46. The van der Waals surface area contributed by atoms with Crippen molar-refractivity contribution in [2.24, 2.45) is 0 Å². The highest BCUT2D eigenvalue weighted by atomic mass is 35.5. The Morgan fingerprint density at radius 1 is 1.38 bits per heavy atom. The third-order valence-corrected chi connectivity index (χ3v) is 4.39. The first-order valence-corrected chi connectivity index (χ1v) is 7.48. The van der Waals surface area contributed by atoms with Crippen LogP contribution in [0.5, 0.6) is 0 Å². The summed E-state index contributed by atoms with van der Waals surface area (Å²) >= 11 is 0. The lowest BCUT2D eigenvalue weighted by Crippen LogP contribution is -2.44. The summed E-state index contributed by atoms with van der Waals surface area (Å²) in [5.74, 6) is -3.07. The van der Waals surface area contributed by atoms with Gasteiger partial charge >= 0.3 is 5.97 Å². The highest BCUT2D eigenvalue weighted by molar-refractivity contribution is 5.85. The van der Waals surface area contributed by atoms with Gasteiger partial charge in [0.2, 0.25) is 5.91 Å². The van der Waals surface area contributed by atoms with E-state index in [2.05, 4.69) is 0 Å². The Hall–Kier alpha value is -1.73. The van der Waals surface area contributed by atoms with E-state index in [0.717, 1.165) is 18.6 Å². The number of likely N-dealkylation sites (N-methyl/N-ethyl adjacent to an activating group) is 1. The van der Waals surface area contributed by atoms with Crippen molar-refractivity contribution in [2.75, 3.05) is 20.1 Å². The normalized spacial score (nSPS) is 18.8. The summed E-state index contributed by atoms with van der Waals surface area (Å²) in [5, 5.41) is 9.14. The number of aliphatic carboxylic acids is 1. The second-order valence-corrected chi connectivity index (χ2v) is 5.82. The number of carboxylic acids is 1. The van der Waals surface area contributed by atoms with Gasteiger partial charge < -0.3 is 10.0 Å². The molecule has 0 aliphatic carbocycles. The number of hydrogen-bond acceptors (Lipinski definition) is 3. The smallest absolute Gasteiger partial charge is 0.320 e. The number of likely N-dealkylation sites (tertiary alicyclic amines) is 1. The van der Waals surface area contributed by atoms with Crippen molar-refractivity contribution in [3.8, 4) is 0 Å². The maximum absolute atomic E-state index is 13.3. The van der Waals surface area contributed by atoms with E-state index in [1.165, 1.54) is 11.0 Å². The first-order chi connectivity index (χ1) is 10.8. The van der Waals surface area contributed by atoms with E-state index in [1.807, 2.05) is 0 Å². The highest BCUT2D eigenvalue weighted by Crippen LogP contribution is 2.22. The number of halogens is 3. The van der Waals surface area contributed by atoms with Crippen LogP contribution in [0, 0.1) is 11.6 Å². The summed E-state index contributed by atoms with van der Waals surface area (Å²) in [7, 11) is 1.57. The van der Waals surface area contributed by atoms with Crippen molar-refractivity contribution in [1.29, 1.82) is 0 Å². The average Bonchev–Trinajstić information content (AvgIpc) is 2.96. The largest absolute Gasteiger partial charge is 0.480 e. The molecular weight excluding hydrogens is 342 g/mol. The van der Waals surface area contributed by atoms with Gasteiger partial charge in [-0.25, -0.2) is 8.78 Å². The molecule has 0 saturated carbocycles. The van der Waals surface area contributed by atoms with Crippen molar-refractivity contribution in [3.63, 3.8) is 0 Å². The van der Waals surface area contributed by atoms with Crippen LogP contribution < -0.4 is 0 Å². The van der Waals surface area contributed by atoms with Gasteiger partial charge in [0.25, 0.3) is 0 Å². The van der Waals surface area contributed by atoms with E-state index < -0.39 is 29.7 Å². The Morgan fingerprint density at radius 2 is 2.04 bits per heavy atom. The monoisotopic (exact) mass is 362 g/mol. The molecule has 1 aromatic rings. The summed E-state index contributed by atoms with van der Waals surface area (Å²) in [6.07, 6.45) is 1.28. The molecule has 1 heterocycles. The zero-order chi connectivity index (χ0) is 17.1. The Labute approximate surface area is 145 Å². The van der Waals surface area contributed by atoms with Crippen LogP contribution in [0.25, 0.3) is 0 Å². The van der Waals surface area contributed by atoms with Gasteiger partial charge in [-0.1, -0.05) is 6.07 Å². The molecule has 2 rings (SSSR count). The van der Waals surface area contributed by atoms with Crippen molar-refractivity contribution in [1.82, 2.24) is 9.80 Å². The molecule has 2 atom stereocenters. The quantitative estimate of drug-likeness (QED) is 0.874. The molecule has 1 amide bonds. The number of rotatable bonds is 5. The highest BCUT2D eigenvalue weighted by Gasteiger charge is 2.32. The van der Waals surface area contributed by atoms with Crippen molar-refractivity contribution >= 4 is 24.3 Å². The van der Waals surface area contributed by atoms with Gasteiger partial charge in [0, 0.05) is 7.05 Å². The van der Waals surface area contributed by atoms with Crippen LogP contribution in [0.15, 0.2) is 18.2 Å². The molecule has 0 spiro atoms. The molecule has 1 N–H and O–H groups in total. The number of nitrogens with zero attached hydrogens (tertiary/aromatic N) is 2. The van der Waals surface area contributed by atoms with Crippen LogP contribution in [-0.2, 0) is 9.59 Å². The molecule has 134 valence electrons. The third kappa shape index (κ3) is 4.42. The average molecular weight is 363 g/mol. The fraction of sp³-hybridized carbons (Fsp3) is 0.500. The molecule has 0 radical (unpaired) electrons. The Balaban J connectivity index is 0.00000288. The first kappa shape index (κ1) is 20.3. The number of carbonyl (C=O) groups is 2. The molecule has 1 fully saturated rings. The lowest BCUT2D eigenvalue weighted by atomic mass is 10.1. The molecule has 1 saturated heterocycles. The van der Waals surface area contributed by atoms with Crippen LogP contribution in [0.2, 0.25) is 0 Å². The van der Waals surface area contributed by atoms with E-state index in [0.29, 0.717) is 18.5 Å². The second kappa shape index (κ2) is 8.39. The zero-order valence-electron chi connectivity index (χ0n) is 13.5. The fourth-order valence-corrected chi connectivity index (χ4v) is 2.79. The number of carbonyl (C=O) groups excluding carboxylic acids is 1. The summed E-state index contributed by atoms with van der Waals surface area (Å²) < 4.78 is 26.3. The maximum atomic E-state index is 13.3. The fourth-order valence-electron chi connectivity index (χ4n) is 2.79. The van der Waals surface area contributed by atoms with Gasteiger partial charge in [-0.15, -0.1) is 12.4 Å². The summed E-state index contributed by atoms with van der Waals surface area (Å²) in [5.41, 5.74) is 0.482. The number of hydrogen-bond donors (Lipinski definition) is 1. The van der Waals surface area contributed by atoms with Crippen LogP contribution in [0.3, 0.4) is 0 Å². The van der Waals surface area contributed by atoms with E-state index in [-0.39, 0.29) is 24.9 Å². The number of benzene rings is 1. The minimum Gasteiger partial charge on any atom is -0.480 e. The summed E-state index contributed by atoms with van der Waals surface area (Å²) in [6, 6.07) is 2.46. The van der Waals surface area contributed by atoms with Crippen molar-refractivity contribution in [2.45, 2.75) is 31.8 Å². The zero-order valence-corrected chi connectivity index (χ0v) is 14.4. The van der Waals surface area contributed by atoms with Gasteiger partial charge in [0.15, 0.2) is 11.6 Å². The Kier molecular flexibility index (Phi) is 7.10. The molecule has 8 heteroatoms. The maximum Gasteiger partial charge on any atom is 0.320 e. The van der Waals surface area contributed by atoms with Crippen molar-refractivity contribution < 1.29 is 23.5 Å². The van der Waals surface area contributed by atoms with Crippen LogP contribution in [0.1, 0.15) is 31.4 Å². The standard InChI is InChI=1S/C16H20F2N2O3.ClH/c1-10(11-5-6-12(17)13(18)8-11)19(2)15(21)9-20-7-3-4-14(20)16(22)23;/h5-6,8,10,14H,3-4,7,9H2,1-2H3,(H,22,23);1H. The van der Waals surface area contributed by atoms with Crippen LogP contribution in [0.4, 0.5) is 8.78 Å². The lowest BCUT2D eigenvalue weighted by Gasteiger charge is -2.28. The molecule has 5 nitrogen and oxygen atoms in total. The van der Waals surface area contributed by atoms with Gasteiger partial charge in [-0.2, -0.15) is 0 Å². The lowest BCUT2D eigenvalue weighted by molar-refractivity contribution is -0.143. The predicted molar refractivity (Wildman–Crippen MR) is 87.0 cm³/mol. The van der Waals surface area contributed by atoms with Gasteiger partial charge in [0.1, 0.15) is 6.04 Å². The van der Waals surface area contributed by atoms with Crippen LogP contribution in [-0.4, -0.2) is 53.0 Å².